The molecule has 142 valence electrons. The van der Waals surface area contributed by atoms with Crippen molar-refractivity contribution in [1.82, 2.24) is 29.8 Å². The zero-order valence-corrected chi connectivity index (χ0v) is 15.2. The number of nitrogens with one attached hydrogen (secondary N) is 1. The van der Waals surface area contributed by atoms with E-state index in [1.54, 1.807) is 4.57 Å². The van der Waals surface area contributed by atoms with Crippen LogP contribution in [-0.2, 0) is 24.2 Å². The maximum atomic E-state index is 12.7. The fourth-order valence-corrected chi connectivity index (χ4v) is 3.77. The lowest BCUT2D eigenvalue weighted by atomic mass is 9.94. The first-order valence-corrected chi connectivity index (χ1v) is 9.56. The minimum Gasteiger partial charge on any atom is -0.368 e. The van der Waals surface area contributed by atoms with Crippen LogP contribution < -0.4 is 11.0 Å². The largest absolute Gasteiger partial charge is 0.368 e. The van der Waals surface area contributed by atoms with E-state index >= 15 is 0 Å². The summed E-state index contributed by atoms with van der Waals surface area (Å²) in [5.41, 5.74) is -0.111. The van der Waals surface area contributed by atoms with E-state index < -0.39 is 0 Å². The molecule has 0 spiro atoms. The lowest BCUT2D eigenvalue weighted by molar-refractivity contribution is 0.0835. The fraction of sp³-hybridized carbons (Fsp3) is 0.765. The van der Waals surface area contributed by atoms with Gasteiger partial charge < -0.3 is 14.6 Å². The second-order valence-electron chi connectivity index (χ2n) is 7.05. The summed E-state index contributed by atoms with van der Waals surface area (Å²) in [7, 11) is 0. The SMILES string of the molecule is CCn1c(CC2CCNCC2)nn(Cc2noc([C@@H]3CCCO3)n2)c1=O. The number of aromatic nitrogens is 5. The summed E-state index contributed by atoms with van der Waals surface area (Å²) in [6.45, 7) is 5.62. The first kappa shape index (κ1) is 17.4. The van der Waals surface area contributed by atoms with Gasteiger partial charge in [0.15, 0.2) is 5.82 Å². The molecule has 0 bridgehead atoms. The Morgan fingerprint density at radius 3 is 2.85 bits per heavy atom. The molecule has 0 unspecified atom stereocenters. The van der Waals surface area contributed by atoms with Crippen molar-refractivity contribution in [2.24, 2.45) is 5.92 Å². The summed E-state index contributed by atoms with van der Waals surface area (Å²) in [5.74, 6) is 2.39. The molecule has 0 saturated carbocycles. The van der Waals surface area contributed by atoms with Gasteiger partial charge in [0.1, 0.15) is 18.5 Å². The van der Waals surface area contributed by atoms with Crippen molar-refractivity contribution >= 4 is 0 Å². The predicted molar refractivity (Wildman–Crippen MR) is 92.8 cm³/mol. The van der Waals surface area contributed by atoms with Crippen LogP contribution in [0.25, 0.3) is 0 Å². The smallest absolute Gasteiger partial charge is 0.346 e. The number of ether oxygens (including phenoxy) is 1. The van der Waals surface area contributed by atoms with E-state index in [9.17, 15) is 4.79 Å². The normalized spacial score (nSPS) is 21.5. The second-order valence-corrected chi connectivity index (χ2v) is 7.05. The van der Waals surface area contributed by atoms with Crippen molar-refractivity contribution in [2.75, 3.05) is 19.7 Å². The van der Waals surface area contributed by atoms with Crippen LogP contribution in [0.3, 0.4) is 0 Å². The van der Waals surface area contributed by atoms with Gasteiger partial charge in [-0.2, -0.15) is 10.1 Å². The fourth-order valence-electron chi connectivity index (χ4n) is 3.77. The van der Waals surface area contributed by atoms with Crippen molar-refractivity contribution in [2.45, 2.75) is 58.2 Å². The van der Waals surface area contributed by atoms with Crippen molar-refractivity contribution in [1.29, 1.82) is 0 Å². The Morgan fingerprint density at radius 1 is 1.27 bits per heavy atom. The molecule has 9 nitrogen and oxygen atoms in total. The average Bonchev–Trinajstić information content (AvgIpc) is 3.38. The van der Waals surface area contributed by atoms with Crippen LogP contribution in [0, 0.1) is 5.92 Å². The maximum absolute atomic E-state index is 12.7. The third-order valence-electron chi connectivity index (χ3n) is 5.23. The van der Waals surface area contributed by atoms with Crippen molar-refractivity contribution in [3.63, 3.8) is 0 Å². The van der Waals surface area contributed by atoms with E-state index in [0.717, 1.165) is 57.6 Å². The number of hydrogen-bond acceptors (Lipinski definition) is 7. The van der Waals surface area contributed by atoms with Crippen LogP contribution in [-0.4, -0.2) is 44.2 Å². The number of nitrogens with zero attached hydrogens (tertiary/aromatic N) is 5. The Labute approximate surface area is 151 Å². The highest BCUT2D eigenvalue weighted by Gasteiger charge is 2.25. The van der Waals surface area contributed by atoms with E-state index in [4.69, 9.17) is 9.26 Å². The number of piperidine rings is 1. The van der Waals surface area contributed by atoms with Crippen molar-refractivity contribution in [3.8, 4) is 0 Å². The van der Waals surface area contributed by atoms with Gasteiger partial charge in [-0.1, -0.05) is 5.16 Å². The first-order valence-electron chi connectivity index (χ1n) is 9.56. The van der Waals surface area contributed by atoms with E-state index in [1.807, 2.05) is 6.92 Å². The van der Waals surface area contributed by atoms with E-state index in [-0.39, 0.29) is 18.3 Å². The molecule has 2 saturated heterocycles. The summed E-state index contributed by atoms with van der Waals surface area (Å²) < 4.78 is 14.1. The zero-order valence-electron chi connectivity index (χ0n) is 15.2. The van der Waals surface area contributed by atoms with Gasteiger partial charge in [-0.3, -0.25) is 4.57 Å². The molecule has 2 aromatic heterocycles. The maximum Gasteiger partial charge on any atom is 0.346 e. The van der Waals surface area contributed by atoms with Gasteiger partial charge in [-0.15, -0.1) is 0 Å². The molecule has 4 rings (SSSR count). The molecule has 0 amide bonds. The minimum atomic E-state index is -0.114. The molecule has 0 radical (unpaired) electrons. The highest BCUT2D eigenvalue weighted by Crippen LogP contribution is 2.26. The molecule has 2 aliphatic heterocycles. The van der Waals surface area contributed by atoms with Gasteiger partial charge in [0.2, 0.25) is 0 Å². The third-order valence-corrected chi connectivity index (χ3v) is 5.23. The molecule has 1 N–H and O–H groups in total. The van der Waals surface area contributed by atoms with Gasteiger partial charge in [-0.25, -0.2) is 9.48 Å². The van der Waals surface area contributed by atoms with E-state index in [0.29, 0.717) is 24.2 Å². The van der Waals surface area contributed by atoms with E-state index in [1.165, 1.54) is 4.68 Å². The van der Waals surface area contributed by atoms with Crippen LogP contribution in [0.15, 0.2) is 9.32 Å². The van der Waals surface area contributed by atoms with Gasteiger partial charge in [0.25, 0.3) is 5.89 Å². The van der Waals surface area contributed by atoms with E-state index in [2.05, 4.69) is 20.6 Å². The van der Waals surface area contributed by atoms with Crippen LogP contribution in [0.5, 0.6) is 0 Å². The van der Waals surface area contributed by atoms with Crippen LogP contribution >= 0.6 is 0 Å². The second kappa shape index (κ2) is 7.71. The van der Waals surface area contributed by atoms with Gasteiger partial charge in [0.05, 0.1) is 0 Å². The summed E-state index contributed by atoms with van der Waals surface area (Å²) in [4.78, 5) is 17.1. The summed E-state index contributed by atoms with van der Waals surface area (Å²) in [6, 6.07) is 0. The molecular weight excluding hydrogens is 336 g/mol. The molecule has 2 aromatic rings. The highest BCUT2D eigenvalue weighted by atomic mass is 16.5. The molecule has 26 heavy (non-hydrogen) atoms. The molecule has 0 aromatic carbocycles. The van der Waals surface area contributed by atoms with Crippen LogP contribution in [0.1, 0.15) is 56.3 Å². The Bertz CT molecular complexity index is 783. The lowest BCUT2D eigenvalue weighted by Crippen LogP contribution is -2.30. The molecule has 0 aliphatic carbocycles. The van der Waals surface area contributed by atoms with Crippen molar-refractivity contribution < 1.29 is 9.26 Å². The van der Waals surface area contributed by atoms with Crippen LogP contribution in [0.4, 0.5) is 0 Å². The topological polar surface area (TPSA) is 100 Å². The summed E-state index contributed by atoms with van der Waals surface area (Å²) in [5, 5.41) is 11.9. The van der Waals surface area contributed by atoms with Crippen LogP contribution in [0.2, 0.25) is 0 Å². The molecule has 2 fully saturated rings. The molecular formula is C17H26N6O3. The highest BCUT2D eigenvalue weighted by molar-refractivity contribution is 4.95. The number of rotatable bonds is 6. The Hall–Kier alpha value is -2.00. The quantitative estimate of drug-likeness (QED) is 0.814. The third kappa shape index (κ3) is 3.59. The zero-order chi connectivity index (χ0) is 17.9. The summed E-state index contributed by atoms with van der Waals surface area (Å²) >= 11 is 0. The van der Waals surface area contributed by atoms with Gasteiger partial charge >= 0.3 is 5.69 Å². The first-order chi connectivity index (χ1) is 12.7. The minimum absolute atomic E-state index is 0.111. The monoisotopic (exact) mass is 362 g/mol. The van der Waals surface area contributed by atoms with Gasteiger partial charge in [-0.05, 0) is 51.6 Å². The molecule has 9 heteroatoms. The molecule has 4 heterocycles. The molecule has 1 atom stereocenters. The summed E-state index contributed by atoms with van der Waals surface area (Å²) in [6.07, 6.45) is 4.87. The van der Waals surface area contributed by atoms with Crippen molar-refractivity contribution in [3.05, 3.63) is 28.0 Å². The average molecular weight is 362 g/mol. The Kier molecular flexibility index (Phi) is 5.16. The lowest BCUT2D eigenvalue weighted by Gasteiger charge is -2.21. The molecule has 2 aliphatic rings. The van der Waals surface area contributed by atoms with Gasteiger partial charge in [0, 0.05) is 19.6 Å². The number of hydrogen-bond donors (Lipinski definition) is 1. The standard InChI is InChI=1S/C17H26N6O3/c1-2-22-15(10-12-5-7-18-8-6-12)20-23(17(22)24)11-14-19-16(26-21-14)13-4-3-9-25-13/h12-13,18H,2-11H2,1H3/t13-/m0/s1. The Balaban J connectivity index is 1.50. The Morgan fingerprint density at radius 2 is 2.12 bits per heavy atom. The predicted octanol–water partition coefficient (Wildman–Crippen LogP) is 0.890.